The van der Waals surface area contributed by atoms with Crippen molar-refractivity contribution in [3.63, 3.8) is 0 Å². The molecule has 0 heterocycles. The second-order valence-corrected chi connectivity index (χ2v) is 5.03. The van der Waals surface area contributed by atoms with Gasteiger partial charge in [-0.25, -0.2) is 4.99 Å². The molecule has 0 spiro atoms. The van der Waals surface area contributed by atoms with Crippen LogP contribution < -0.4 is 15.8 Å². The number of aliphatic imine (C=N–C) groups is 1. The van der Waals surface area contributed by atoms with Gasteiger partial charge in [0.2, 0.25) is 0 Å². The maximum absolute atomic E-state index is 5.90. The Balaban J connectivity index is 2.05. The molecule has 0 saturated heterocycles. The van der Waals surface area contributed by atoms with Crippen LogP contribution in [0.2, 0.25) is 0 Å². The third-order valence-corrected chi connectivity index (χ3v) is 2.93. The van der Waals surface area contributed by atoms with E-state index < -0.39 is 0 Å². The van der Waals surface area contributed by atoms with Crippen LogP contribution in [0.4, 0.5) is 0 Å². The van der Waals surface area contributed by atoms with Gasteiger partial charge >= 0.3 is 0 Å². The van der Waals surface area contributed by atoms with Crippen LogP contribution in [0.3, 0.4) is 0 Å². The highest BCUT2D eigenvalue weighted by Crippen LogP contribution is 2.25. The highest BCUT2D eigenvalue weighted by Gasteiger charge is 2.04. The lowest BCUT2D eigenvalue weighted by Gasteiger charge is -2.10. The number of hydrogen-bond acceptors (Lipinski definition) is 2. The monoisotopic (exact) mass is 295 g/mol. The summed E-state index contributed by atoms with van der Waals surface area (Å²) in [7, 11) is 0. The Kier molecular flexibility index (Phi) is 5.60. The third-order valence-electron chi connectivity index (χ3n) is 2.93. The lowest BCUT2D eigenvalue weighted by molar-refractivity contribution is 0.476. The van der Waals surface area contributed by atoms with E-state index in [-0.39, 0.29) is 0 Å². The molecule has 22 heavy (non-hydrogen) atoms. The highest BCUT2D eigenvalue weighted by molar-refractivity contribution is 5.78. The van der Waals surface area contributed by atoms with E-state index in [1.54, 1.807) is 0 Å². The summed E-state index contributed by atoms with van der Waals surface area (Å²) in [4.78, 5) is 4.33. The van der Waals surface area contributed by atoms with Crippen LogP contribution in [0, 0.1) is 0 Å². The lowest BCUT2D eigenvalue weighted by atomic mass is 10.2. The zero-order valence-corrected chi connectivity index (χ0v) is 12.8. The number of benzene rings is 2. The number of nitrogens with two attached hydrogens (primary N) is 1. The molecular formula is C18H21N3O. The minimum absolute atomic E-state index is 0.400. The second-order valence-electron chi connectivity index (χ2n) is 5.03. The summed E-state index contributed by atoms with van der Waals surface area (Å²) in [5, 5.41) is 3.01. The molecule has 0 radical (unpaired) electrons. The van der Waals surface area contributed by atoms with Crippen molar-refractivity contribution in [1.29, 1.82) is 0 Å². The zero-order chi connectivity index (χ0) is 15.8. The van der Waals surface area contributed by atoms with E-state index in [1.165, 1.54) is 0 Å². The summed E-state index contributed by atoms with van der Waals surface area (Å²) in [6.07, 6.45) is 0. The van der Waals surface area contributed by atoms with E-state index in [9.17, 15) is 0 Å². The van der Waals surface area contributed by atoms with Crippen molar-refractivity contribution >= 4 is 5.96 Å². The van der Waals surface area contributed by atoms with E-state index in [2.05, 4.69) is 16.9 Å². The largest absolute Gasteiger partial charge is 0.457 e. The number of para-hydroxylation sites is 2. The number of nitrogens with zero attached hydrogens (tertiary/aromatic N) is 1. The van der Waals surface area contributed by atoms with Crippen LogP contribution in [-0.2, 0) is 6.54 Å². The van der Waals surface area contributed by atoms with Gasteiger partial charge in [0, 0.05) is 12.1 Å². The van der Waals surface area contributed by atoms with Gasteiger partial charge < -0.3 is 15.8 Å². The molecule has 4 nitrogen and oxygen atoms in total. The van der Waals surface area contributed by atoms with Crippen molar-refractivity contribution in [1.82, 2.24) is 5.32 Å². The predicted molar refractivity (Wildman–Crippen MR) is 91.1 cm³/mol. The second kappa shape index (κ2) is 7.88. The van der Waals surface area contributed by atoms with Crippen LogP contribution in [0.25, 0.3) is 0 Å². The summed E-state index contributed by atoms with van der Waals surface area (Å²) >= 11 is 0. The Labute approximate surface area is 131 Å². The topological polar surface area (TPSA) is 59.6 Å². The molecule has 0 aromatic heterocycles. The number of nitrogens with one attached hydrogen (secondary N) is 1. The molecule has 0 saturated carbocycles. The fourth-order valence-electron chi connectivity index (χ4n) is 1.82. The van der Waals surface area contributed by atoms with Gasteiger partial charge in [-0.2, -0.15) is 0 Å². The first kappa shape index (κ1) is 15.6. The standard InChI is InChI=1S/C18H21N3O/c1-14(2)12-20-18(19)21-13-15-8-6-7-11-17(15)22-16-9-4-3-5-10-16/h3-11H,1,12-13H2,2H3,(H3,19,20,21). The van der Waals surface area contributed by atoms with Crippen molar-refractivity contribution in [3.8, 4) is 11.5 Å². The molecule has 0 bridgehead atoms. The van der Waals surface area contributed by atoms with Crippen LogP contribution >= 0.6 is 0 Å². The van der Waals surface area contributed by atoms with E-state index in [0.717, 1.165) is 22.6 Å². The van der Waals surface area contributed by atoms with E-state index in [1.807, 2.05) is 61.5 Å². The quantitative estimate of drug-likeness (QED) is 0.487. The molecule has 3 N–H and O–H groups in total. The predicted octanol–water partition coefficient (Wildman–Crippen LogP) is 3.46. The maximum Gasteiger partial charge on any atom is 0.189 e. The summed E-state index contributed by atoms with van der Waals surface area (Å²) in [5.74, 6) is 1.98. The average Bonchev–Trinajstić information content (AvgIpc) is 2.53. The van der Waals surface area contributed by atoms with Gasteiger partial charge in [0.05, 0.1) is 6.54 Å². The average molecular weight is 295 g/mol. The zero-order valence-electron chi connectivity index (χ0n) is 12.8. The Bertz CT molecular complexity index is 650. The fraction of sp³-hybridized carbons (Fsp3) is 0.167. The lowest BCUT2D eigenvalue weighted by Crippen LogP contribution is -2.32. The Morgan fingerprint density at radius 3 is 2.55 bits per heavy atom. The number of rotatable bonds is 6. The summed E-state index contributed by atoms with van der Waals surface area (Å²) < 4.78 is 5.90. The molecule has 0 aliphatic carbocycles. The van der Waals surface area contributed by atoms with Crippen molar-refractivity contribution < 1.29 is 4.74 Å². The van der Waals surface area contributed by atoms with Crippen LogP contribution in [0.1, 0.15) is 12.5 Å². The molecule has 114 valence electrons. The maximum atomic E-state index is 5.90. The van der Waals surface area contributed by atoms with Crippen LogP contribution in [0.15, 0.2) is 71.7 Å². The van der Waals surface area contributed by atoms with Gasteiger partial charge in [0.15, 0.2) is 5.96 Å². The van der Waals surface area contributed by atoms with Crippen LogP contribution in [0.5, 0.6) is 11.5 Å². The van der Waals surface area contributed by atoms with E-state index in [0.29, 0.717) is 19.0 Å². The van der Waals surface area contributed by atoms with Gasteiger partial charge in [0.25, 0.3) is 0 Å². The first-order chi connectivity index (χ1) is 10.6. The highest BCUT2D eigenvalue weighted by atomic mass is 16.5. The summed E-state index contributed by atoms with van der Waals surface area (Å²) in [6, 6.07) is 17.5. The van der Waals surface area contributed by atoms with Gasteiger partial charge in [-0.3, -0.25) is 0 Å². The van der Waals surface area contributed by atoms with Gasteiger partial charge in [-0.1, -0.05) is 48.6 Å². The van der Waals surface area contributed by atoms with E-state index in [4.69, 9.17) is 10.5 Å². The molecule has 0 unspecified atom stereocenters. The minimum atomic E-state index is 0.400. The summed E-state index contributed by atoms with van der Waals surface area (Å²) in [5.41, 5.74) is 7.81. The number of guanidine groups is 1. The van der Waals surface area contributed by atoms with Crippen molar-refractivity contribution in [3.05, 3.63) is 72.3 Å². The Morgan fingerprint density at radius 2 is 1.82 bits per heavy atom. The summed E-state index contributed by atoms with van der Waals surface area (Å²) in [6.45, 7) is 6.83. The minimum Gasteiger partial charge on any atom is -0.457 e. The van der Waals surface area contributed by atoms with Gasteiger partial charge in [-0.15, -0.1) is 0 Å². The molecule has 0 amide bonds. The first-order valence-electron chi connectivity index (χ1n) is 7.14. The fourth-order valence-corrected chi connectivity index (χ4v) is 1.82. The van der Waals surface area contributed by atoms with Crippen molar-refractivity contribution in [2.75, 3.05) is 6.54 Å². The SMILES string of the molecule is C=C(C)CNC(N)=NCc1ccccc1Oc1ccccc1. The molecule has 0 aliphatic heterocycles. The molecule has 2 rings (SSSR count). The van der Waals surface area contributed by atoms with Crippen LogP contribution in [-0.4, -0.2) is 12.5 Å². The molecule has 0 fully saturated rings. The number of ether oxygens (including phenoxy) is 1. The van der Waals surface area contributed by atoms with Gasteiger partial charge in [0.1, 0.15) is 11.5 Å². The normalized spacial score (nSPS) is 11.0. The third kappa shape index (κ3) is 4.98. The van der Waals surface area contributed by atoms with E-state index >= 15 is 0 Å². The number of hydrogen-bond donors (Lipinski definition) is 2. The van der Waals surface area contributed by atoms with Crippen molar-refractivity contribution in [2.24, 2.45) is 10.7 Å². The molecule has 4 heteroatoms. The Morgan fingerprint density at radius 1 is 1.14 bits per heavy atom. The molecular weight excluding hydrogens is 274 g/mol. The smallest absolute Gasteiger partial charge is 0.189 e. The molecule has 2 aromatic carbocycles. The molecule has 0 aliphatic rings. The van der Waals surface area contributed by atoms with Crippen molar-refractivity contribution in [2.45, 2.75) is 13.5 Å². The first-order valence-corrected chi connectivity index (χ1v) is 7.14. The Hall–Kier alpha value is -2.75. The molecule has 0 atom stereocenters. The van der Waals surface area contributed by atoms with Gasteiger partial charge in [-0.05, 0) is 25.1 Å². The molecule has 2 aromatic rings.